The van der Waals surface area contributed by atoms with E-state index < -0.39 is 5.41 Å². The summed E-state index contributed by atoms with van der Waals surface area (Å²) in [5, 5.41) is 11.9. The van der Waals surface area contributed by atoms with Gasteiger partial charge in [-0.2, -0.15) is 5.26 Å². The summed E-state index contributed by atoms with van der Waals surface area (Å²) in [6.45, 7) is 0. The van der Waals surface area contributed by atoms with Crippen molar-refractivity contribution in [3.8, 4) is 62.0 Å². The third-order valence-corrected chi connectivity index (χ3v) is 10.4. The first-order valence-electron chi connectivity index (χ1n) is 16.6. The molecule has 2 heterocycles. The highest BCUT2D eigenvalue weighted by atomic mass is 14.7. The van der Waals surface area contributed by atoms with Gasteiger partial charge in [0.25, 0.3) is 0 Å². The van der Waals surface area contributed by atoms with Crippen LogP contribution >= 0.6 is 0 Å². The number of hydrogen-bond acceptors (Lipinski definition) is 3. The topological polar surface area (TPSA) is 49.6 Å². The highest BCUT2D eigenvalue weighted by Crippen LogP contribution is 2.64. The van der Waals surface area contributed by atoms with E-state index in [4.69, 9.17) is 4.98 Å². The average molecular weight is 622 g/mol. The zero-order chi connectivity index (χ0) is 32.5. The number of benzene rings is 6. The fraction of sp³-hybridized carbons (Fsp3) is 0.0217. The van der Waals surface area contributed by atoms with Gasteiger partial charge in [0.2, 0.25) is 0 Å². The molecule has 0 bridgehead atoms. The summed E-state index contributed by atoms with van der Waals surface area (Å²) < 4.78 is 0. The Bertz CT molecular complexity index is 2640. The molecule has 8 aromatic rings. The van der Waals surface area contributed by atoms with Crippen molar-refractivity contribution in [1.29, 1.82) is 5.26 Å². The van der Waals surface area contributed by atoms with Gasteiger partial charge in [-0.3, -0.25) is 0 Å². The molecule has 2 aromatic heterocycles. The van der Waals surface area contributed by atoms with Crippen LogP contribution in [0.4, 0.5) is 0 Å². The smallest absolute Gasteiger partial charge is 0.141 e. The molecule has 0 aliphatic heterocycles. The lowest BCUT2D eigenvalue weighted by molar-refractivity contribution is 0.795. The van der Waals surface area contributed by atoms with Crippen molar-refractivity contribution in [2.24, 2.45) is 0 Å². The van der Waals surface area contributed by atoms with Crippen LogP contribution in [-0.4, -0.2) is 9.97 Å². The highest BCUT2D eigenvalue weighted by Gasteiger charge is 2.52. The summed E-state index contributed by atoms with van der Waals surface area (Å²) in [6, 6.07) is 58.8. The SMILES string of the molecule is N#Cc1cc(-c2cccc(-c3cc4c(c5ccccc35)-c3ccc(-c5ccccc5)cc3C43c4ccccc4-c4ccccc43)n2)ccn1. The molecule has 0 fully saturated rings. The van der Waals surface area contributed by atoms with E-state index in [-0.39, 0.29) is 0 Å². The molecule has 6 aromatic carbocycles. The van der Waals surface area contributed by atoms with E-state index in [2.05, 4.69) is 151 Å². The van der Waals surface area contributed by atoms with E-state index in [1.54, 1.807) is 12.3 Å². The van der Waals surface area contributed by atoms with Crippen LogP contribution < -0.4 is 0 Å². The van der Waals surface area contributed by atoms with Gasteiger partial charge in [-0.25, -0.2) is 9.97 Å². The minimum Gasteiger partial charge on any atom is -0.248 e. The van der Waals surface area contributed by atoms with Gasteiger partial charge in [-0.15, -0.1) is 0 Å². The minimum atomic E-state index is -0.508. The maximum Gasteiger partial charge on any atom is 0.141 e. The van der Waals surface area contributed by atoms with E-state index >= 15 is 0 Å². The molecular formula is C46H27N3. The molecular weight excluding hydrogens is 595 g/mol. The lowest BCUT2D eigenvalue weighted by atomic mass is 9.69. The van der Waals surface area contributed by atoms with Crippen molar-refractivity contribution < 1.29 is 0 Å². The molecule has 226 valence electrons. The monoisotopic (exact) mass is 621 g/mol. The molecule has 2 aliphatic rings. The quantitative estimate of drug-likeness (QED) is 0.197. The Morgan fingerprint density at radius 2 is 1.14 bits per heavy atom. The molecule has 3 heteroatoms. The first-order chi connectivity index (χ1) is 24.3. The van der Waals surface area contributed by atoms with Gasteiger partial charge in [0.1, 0.15) is 11.8 Å². The number of nitriles is 1. The minimum absolute atomic E-state index is 0.376. The Morgan fingerprint density at radius 1 is 0.449 bits per heavy atom. The zero-order valence-corrected chi connectivity index (χ0v) is 26.4. The summed E-state index contributed by atoms with van der Waals surface area (Å²) in [6.07, 6.45) is 1.67. The molecule has 3 nitrogen and oxygen atoms in total. The summed E-state index contributed by atoms with van der Waals surface area (Å²) >= 11 is 0. The Hall–Kier alpha value is -6.63. The van der Waals surface area contributed by atoms with E-state index in [9.17, 15) is 5.26 Å². The van der Waals surface area contributed by atoms with Crippen LogP contribution in [0, 0.1) is 11.3 Å². The molecule has 49 heavy (non-hydrogen) atoms. The van der Waals surface area contributed by atoms with Gasteiger partial charge in [-0.1, -0.05) is 121 Å². The number of hydrogen-bond donors (Lipinski definition) is 0. The molecule has 0 radical (unpaired) electrons. The van der Waals surface area contributed by atoms with Crippen LogP contribution in [0.2, 0.25) is 0 Å². The average Bonchev–Trinajstić information content (AvgIpc) is 3.65. The number of fused-ring (bicyclic) bond motifs is 12. The van der Waals surface area contributed by atoms with Crippen LogP contribution in [0.25, 0.3) is 66.7 Å². The molecule has 0 saturated carbocycles. The van der Waals surface area contributed by atoms with Crippen LogP contribution in [0.15, 0.2) is 164 Å². The molecule has 0 atom stereocenters. The maximum absolute atomic E-state index is 9.51. The third-order valence-electron chi connectivity index (χ3n) is 10.4. The van der Waals surface area contributed by atoms with Crippen molar-refractivity contribution in [2.45, 2.75) is 5.41 Å². The lowest BCUT2D eigenvalue weighted by Gasteiger charge is -2.31. The summed E-state index contributed by atoms with van der Waals surface area (Å²) in [7, 11) is 0. The van der Waals surface area contributed by atoms with Gasteiger partial charge in [0.15, 0.2) is 0 Å². The van der Waals surface area contributed by atoms with Crippen LogP contribution in [0.3, 0.4) is 0 Å². The summed E-state index contributed by atoms with van der Waals surface area (Å²) in [4.78, 5) is 9.41. The lowest BCUT2D eigenvalue weighted by Crippen LogP contribution is -2.26. The van der Waals surface area contributed by atoms with E-state index in [1.165, 1.54) is 61.0 Å². The van der Waals surface area contributed by atoms with Crippen molar-refractivity contribution in [1.82, 2.24) is 9.97 Å². The fourth-order valence-electron chi connectivity index (χ4n) is 8.41. The highest BCUT2D eigenvalue weighted by molar-refractivity contribution is 6.11. The second-order valence-corrected chi connectivity index (χ2v) is 12.8. The Labute approximate surface area is 284 Å². The van der Waals surface area contributed by atoms with E-state index in [1.807, 2.05) is 12.1 Å². The maximum atomic E-state index is 9.51. The largest absolute Gasteiger partial charge is 0.248 e. The first-order valence-corrected chi connectivity index (χ1v) is 16.6. The first kappa shape index (κ1) is 27.5. The van der Waals surface area contributed by atoms with E-state index in [0.29, 0.717) is 5.69 Å². The molecule has 0 amide bonds. The van der Waals surface area contributed by atoms with Gasteiger partial charge in [0, 0.05) is 17.3 Å². The molecule has 10 rings (SSSR count). The predicted molar refractivity (Wildman–Crippen MR) is 197 cm³/mol. The van der Waals surface area contributed by atoms with Gasteiger partial charge in [0.05, 0.1) is 16.8 Å². The number of rotatable bonds is 3. The molecule has 2 aliphatic carbocycles. The normalized spacial score (nSPS) is 13.0. The third kappa shape index (κ3) is 3.83. The van der Waals surface area contributed by atoms with Gasteiger partial charge < -0.3 is 0 Å². The molecule has 0 saturated heterocycles. The zero-order valence-electron chi connectivity index (χ0n) is 26.4. The number of nitrogens with zero attached hydrogens (tertiary/aromatic N) is 3. The fourth-order valence-corrected chi connectivity index (χ4v) is 8.41. The van der Waals surface area contributed by atoms with Crippen LogP contribution in [-0.2, 0) is 5.41 Å². The van der Waals surface area contributed by atoms with Gasteiger partial charge >= 0.3 is 0 Å². The van der Waals surface area contributed by atoms with E-state index in [0.717, 1.165) is 27.9 Å². The predicted octanol–water partition coefficient (Wildman–Crippen LogP) is 10.8. The van der Waals surface area contributed by atoms with Gasteiger partial charge in [-0.05, 0) is 103 Å². The standard InChI is InChI=1S/C46H27N3/c47-28-32-25-31(23-24-48-32)43-19-10-20-44(49-43)38-27-42-45(36-16-5-4-13-33(36)38)37-22-21-30(29-11-2-1-3-12-29)26-41(37)46(42)39-17-8-6-14-34(39)35-15-7-9-18-40(35)46/h1-27H. The molecule has 0 unspecified atom stereocenters. The number of aromatic nitrogens is 2. The molecule has 1 spiro atoms. The second-order valence-electron chi connectivity index (χ2n) is 12.8. The Kier molecular flexibility index (Phi) is 5.85. The Balaban J connectivity index is 1.32. The summed E-state index contributed by atoms with van der Waals surface area (Å²) in [5.74, 6) is 0. The van der Waals surface area contributed by atoms with Crippen LogP contribution in [0.5, 0.6) is 0 Å². The van der Waals surface area contributed by atoms with Crippen LogP contribution in [0.1, 0.15) is 27.9 Å². The second kappa shape index (κ2) is 10.4. The van der Waals surface area contributed by atoms with Crippen molar-refractivity contribution in [2.75, 3.05) is 0 Å². The number of pyridine rings is 2. The van der Waals surface area contributed by atoms with Crippen molar-refractivity contribution in [3.63, 3.8) is 0 Å². The van der Waals surface area contributed by atoms with Crippen molar-refractivity contribution >= 4 is 10.8 Å². The summed E-state index contributed by atoms with van der Waals surface area (Å²) in [5.41, 5.74) is 16.3. The Morgan fingerprint density at radius 3 is 1.92 bits per heavy atom. The molecule has 0 N–H and O–H groups in total. The van der Waals surface area contributed by atoms with Crippen molar-refractivity contribution in [3.05, 3.63) is 192 Å².